The SMILES string of the molecule is CC1(NC(=O)C2CCC(NC(=O)C3CCCC3)CC2)CC=CCC1. The number of carbonyl (C=O) groups is 2. The van der Waals surface area contributed by atoms with E-state index in [1.165, 1.54) is 12.8 Å². The lowest BCUT2D eigenvalue weighted by molar-refractivity contribution is -0.128. The lowest BCUT2D eigenvalue weighted by Gasteiger charge is -2.35. The van der Waals surface area contributed by atoms with Gasteiger partial charge >= 0.3 is 0 Å². The summed E-state index contributed by atoms with van der Waals surface area (Å²) in [4.78, 5) is 24.8. The van der Waals surface area contributed by atoms with Crippen molar-refractivity contribution in [2.24, 2.45) is 11.8 Å². The van der Waals surface area contributed by atoms with Crippen LogP contribution in [0.4, 0.5) is 0 Å². The molecule has 2 amide bonds. The number of rotatable bonds is 4. The molecule has 0 aliphatic heterocycles. The third-order valence-corrected chi connectivity index (χ3v) is 6.19. The molecular formula is C20H32N2O2. The Hall–Kier alpha value is -1.32. The molecule has 24 heavy (non-hydrogen) atoms. The first-order valence-corrected chi connectivity index (χ1v) is 9.83. The van der Waals surface area contributed by atoms with Crippen LogP contribution in [0.3, 0.4) is 0 Å². The average molecular weight is 332 g/mol. The van der Waals surface area contributed by atoms with Gasteiger partial charge in [-0.1, -0.05) is 25.0 Å². The topological polar surface area (TPSA) is 58.2 Å². The molecule has 0 radical (unpaired) electrons. The Morgan fingerprint density at radius 3 is 2.21 bits per heavy atom. The molecule has 1 unspecified atom stereocenters. The van der Waals surface area contributed by atoms with E-state index in [0.29, 0.717) is 0 Å². The number of carbonyl (C=O) groups excluding carboxylic acids is 2. The van der Waals surface area contributed by atoms with Gasteiger partial charge in [0, 0.05) is 23.4 Å². The average Bonchev–Trinajstić information content (AvgIpc) is 3.10. The van der Waals surface area contributed by atoms with Crippen LogP contribution in [0.1, 0.15) is 77.6 Å². The van der Waals surface area contributed by atoms with Crippen LogP contribution >= 0.6 is 0 Å². The van der Waals surface area contributed by atoms with E-state index in [1.54, 1.807) is 0 Å². The summed E-state index contributed by atoms with van der Waals surface area (Å²) in [7, 11) is 0. The van der Waals surface area contributed by atoms with Gasteiger partial charge in [0.1, 0.15) is 0 Å². The van der Waals surface area contributed by atoms with Crippen molar-refractivity contribution in [3.63, 3.8) is 0 Å². The van der Waals surface area contributed by atoms with Gasteiger partial charge in [0.05, 0.1) is 0 Å². The molecule has 3 aliphatic carbocycles. The quantitative estimate of drug-likeness (QED) is 0.775. The normalized spacial score (nSPS) is 34.0. The molecule has 0 aromatic heterocycles. The highest BCUT2D eigenvalue weighted by Gasteiger charge is 2.33. The van der Waals surface area contributed by atoms with Gasteiger partial charge in [-0.3, -0.25) is 9.59 Å². The zero-order chi connectivity index (χ0) is 17.0. The first-order valence-electron chi connectivity index (χ1n) is 9.83. The Balaban J connectivity index is 1.42. The smallest absolute Gasteiger partial charge is 0.223 e. The minimum atomic E-state index is -0.0701. The van der Waals surface area contributed by atoms with Crippen LogP contribution in [0.25, 0.3) is 0 Å². The van der Waals surface area contributed by atoms with E-state index >= 15 is 0 Å². The van der Waals surface area contributed by atoms with Gasteiger partial charge in [0.2, 0.25) is 11.8 Å². The Kier molecular flexibility index (Phi) is 5.62. The monoisotopic (exact) mass is 332 g/mol. The largest absolute Gasteiger partial charge is 0.353 e. The molecular weight excluding hydrogens is 300 g/mol. The van der Waals surface area contributed by atoms with Crippen LogP contribution < -0.4 is 10.6 Å². The molecule has 134 valence electrons. The fourth-order valence-electron chi connectivity index (χ4n) is 4.49. The minimum Gasteiger partial charge on any atom is -0.353 e. The molecule has 1 atom stereocenters. The Morgan fingerprint density at radius 2 is 1.58 bits per heavy atom. The Morgan fingerprint density at radius 1 is 0.917 bits per heavy atom. The van der Waals surface area contributed by atoms with Crippen molar-refractivity contribution in [1.82, 2.24) is 10.6 Å². The van der Waals surface area contributed by atoms with Gasteiger partial charge in [-0.15, -0.1) is 0 Å². The maximum atomic E-state index is 12.6. The van der Waals surface area contributed by atoms with Crippen molar-refractivity contribution in [3.05, 3.63) is 12.2 Å². The van der Waals surface area contributed by atoms with E-state index in [9.17, 15) is 9.59 Å². The molecule has 0 spiro atoms. The second kappa shape index (κ2) is 7.71. The van der Waals surface area contributed by atoms with E-state index in [1.807, 2.05) is 0 Å². The second-order valence-corrected chi connectivity index (χ2v) is 8.30. The second-order valence-electron chi connectivity index (χ2n) is 8.30. The molecule has 0 aromatic carbocycles. The molecule has 0 aromatic rings. The van der Waals surface area contributed by atoms with Crippen molar-refractivity contribution in [2.75, 3.05) is 0 Å². The van der Waals surface area contributed by atoms with Crippen LogP contribution in [0, 0.1) is 11.8 Å². The third kappa shape index (κ3) is 4.40. The lowest BCUT2D eigenvalue weighted by Crippen LogP contribution is -2.50. The molecule has 2 fully saturated rings. The van der Waals surface area contributed by atoms with Crippen LogP contribution in [0.5, 0.6) is 0 Å². The zero-order valence-electron chi connectivity index (χ0n) is 15.0. The van der Waals surface area contributed by atoms with Crippen LogP contribution in [0.2, 0.25) is 0 Å². The summed E-state index contributed by atoms with van der Waals surface area (Å²) >= 11 is 0. The summed E-state index contributed by atoms with van der Waals surface area (Å²) in [6.07, 6.45) is 15.6. The number of hydrogen-bond acceptors (Lipinski definition) is 2. The minimum absolute atomic E-state index is 0.0701. The van der Waals surface area contributed by atoms with Gasteiger partial charge in [-0.05, 0) is 64.7 Å². The molecule has 4 nitrogen and oxygen atoms in total. The summed E-state index contributed by atoms with van der Waals surface area (Å²) in [6, 6.07) is 0.273. The predicted molar refractivity (Wildman–Crippen MR) is 95.4 cm³/mol. The van der Waals surface area contributed by atoms with Crippen LogP contribution in [-0.4, -0.2) is 23.4 Å². The van der Waals surface area contributed by atoms with Crippen molar-refractivity contribution in [1.29, 1.82) is 0 Å². The summed E-state index contributed by atoms with van der Waals surface area (Å²) in [5.74, 6) is 0.827. The first-order chi connectivity index (χ1) is 11.6. The molecule has 0 saturated heterocycles. The molecule has 0 bridgehead atoms. The number of nitrogens with one attached hydrogen (secondary N) is 2. The highest BCUT2D eigenvalue weighted by Crippen LogP contribution is 2.29. The third-order valence-electron chi connectivity index (χ3n) is 6.19. The predicted octanol–water partition coefficient (Wildman–Crippen LogP) is 3.47. The van der Waals surface area contributed by atoms with Gasteiger partial charge in [-0.25, -0.2) is 0 Å². The number of allylic oxidation sites excluding steroid dienone is 1. The summed E-state index contributed by atoms with van der Waals surface area (Å²) in [5.41, 5.74) is -0.0701. The Bertz CT molecular complexity index is 488. The maximum Gasteiger partial charge on any atom is 0.223 e. The fourth-order valence-corrected chi connectivity index (χ4v) is 4.49. The maximum absolute atomic E-state index is 12.6. The van der Waals surface area contributed by atoms with Crippen molar-refractivity contribution >= 4 is 11.8 Å². The standard InChI is InChI=1S/C20H32N2O2/c1-20(13-5-2-6-14-20)22-19(24)16-9-11-17(12-10-16)21-18(23)15-7-3-4-8-15/h2,5,15-17H,3-4,6-14H2,1H3,(H,21,23)(H,22,24). The molecule has 2 N–H and O–H groups in total. The van der Waals surface area contributed by atoms with E-state index < -0.39 is 0 Å². The lowest BCUT2D eigenvalue weighted by atomic mass is 9.83. The zero-order valence-corrected chi connectivity index (χ0v) is 15.0. The van der Waals surface area contributed by atoms with Crippen molar-refractivity contribution in [2.45, 2.75) is 89.1 Å². The van der Waals surface area contributed by atoms with Gasteiger partial charge < -0.3 is 10.6 Å². The first kappa shape index (κ1) is 17.5. The van der Waals surface area contributed by atoms with Gasteiger partial charge in [-0.2, -0.15) is 0 Å². The molecule has 3 aliphatic rings. The van der Waals surface area contributed by atoms with Crippen molar-refractivity contribution in [3.8, 4) is 0 Å². The van der Waals surface area contributed by atoms with Gasteiger partial charge in [0.25, 0.3) is 0 Å². The summed E-state index contributed by atoms with van der Waals surface area (Å²) in [6.45, 7) is 2.15. The molecule has 0 heterocycles. The summed E-state index contributed by atoms with van der Waals surface area (Å²) < 4.78 is 0. The van der Waals surface area contributed by atoms with Crippen molar-refractivity contribution < 1.29 is 9.59 Å². The van der Waals surface area contributed by atoms with Crippen LogP contribution in [0.15, 0.2) is 12.2 Å². The number of amides is 2. The summed E-state index contributed by atoms with van der Waals surface area (Å²) in [5, 5.41) is 6.52. The highest BCUT2D eigenvalue weighted by molar-refractivity contribution is 5.80. The number of hydrogen-bond donors (Lipinski definition) is 2. The molecule has 2 saturated carbocycles. The van der Waals surface area contributed by atoms with E-state index in [4.69, 9.17) is 0 Å². The van der Waals surface area contributed by atoms with Gasteiger partial charge in [0.15, 0.2) is 0 Å². The Labute approximate surface area is 145 Å². The van der Waals surface area contributed by atoms with E-state index in [-0.39, 0.29) is 35.2 Å². The molecule has 3 rings (SSSR count). The van der Waals surface area contributed by atoms with E-state index in [2.05, 4.69) is 29.7 Å². The van der Waals surface area contributed by atoms with E-state index in [0.717, 1.165) is 57.8 Å². The van der Waals surface area contributed by atoms with Crippen LogP contribution in [-0.2, 0) is 9.59 Å². The fraction of sp³-hybridized carbons (Fsp3) is 0.800. The highest BCUT2D eigenvalue weighted by atomic mass is 16.2. The molecule has 4 heteroatoms.